The van der Waals surface area contributed by atoms with E-state index in [1.807, 2.05) is 24.5 Å². The molecule has 0 N–H and O–H groups in total. The number of nitriles is 1. The van der Waals surface area contributed by atoms with E-state index in [4.69, 9.17) is 0 Å². The highest BCUT2D eigenvalue weighted by atomic mass is 16.6. The van der Waals surface area contributed by atoms with Gasteiger partial charge in [0.05, 0.1) is 21.5 Å². The minimum absolute atomic E-state index is 0.00812. The van der Waals surface area contributed by atoms with Crippen molar-refractivity contribution in [3.63, 3.8) is 0 Å². The fourth-order valence-corrected chi connectivity index (χ4v) is 3.18. The average molecular weight is 388 g/mol. The van der Waals surface area contributed by atoms with Crippen molar-refractivity contribution in [2.45, 2.75) is 13.8 Å². The summed E-state index contributed by atoms with van der Waals surface area (Å²) in [6, 6.07) is 16.1. The second-order valence-electron chi connectivity index (χ2n) is 6.41. The molecule has 0 aliphatic carbocycles. The monoisotopic (exact) mass is 388 g/mol. The topological polar surface area (TPSA) is 115 Å². The van der Waals surface area contributed by atoms with Gasteiger partial charge in [0.2, 0.25) is 0 Å². The lowest BCUT2D eigenvalue weighted by molar-refractivity contribution is -0.385. The predicted molar refractivity (Wildman–Crippen MR) is 108 cm³/mol. The summed E-state index contributed by atoms with van der Waals surface area (Å²) >= 11 is 0. The van der Waals surface area contributed by atoms with E-state index in [1.54, 1.807) is 30.3 Å². The molecule has 0 bridgehead atoms. The molecule has 0 spiro atoms. The number of rotatable bonds is 5. The summed E-state index contributed by atoms with van der Waals surface area (Å²) in [6.07, 6.45) is 1.68. The van der Waals surface area contributed by atoms with E-state index in [0.717, 1.165) is 22.6 Å². The third-order valence-electron chi connectivity index (χ3n) is 4.58. The smallest absolute Gasteiger partial charge is 0.270 e. The summed E-state index contributed by atoms with van der Waals surface area (Å²) in [5.41, 5.74) is 3.96. The predicted octanol–water partition coefficient (Wildman–Crippen LogP) is 4.97. The summed E-state index contributed by atoms with van der Waals surface area (Å²) in [5, 5.41) is 31.4. The van der Waals surface area contributed by atoms with Gasteiger partial charge in [-0.2, -0.15) is 5.26 Å². The molecule has 2 aromatic carbocycles. The van der Waals surface area contributed by atoms with Crippen LogP contribution in [0.25, 0.3) is 17.3 Å². The summed E-state index contributed by atoms with van der Waals surface area (Å²) < 4.78 is 1.93. The van der Waals surface area contributed by atoms with Crippen molar-refractivity contribution in [2.24, 2.45) is 0 Å². The van der Waals surface area contributed by atoms with E-state index in [0.29, 0.717) is 11.1 Å². The van der Waals surface area contributed by atoms with Crippen molar-refractivity contribution in [3.8, 4) is 11.8 Å². The number of benzene rings is 2. The molecule has 8 heteroatoms. The number of allylic oxidation sites excluding steroid dienone is 1. The SMILES string of the molecule is Cc1cc(C=C(C#N)c2cccc([N+](=O)[O-])c2)c(C)n1-c1ccc([N+](=O)[O-])cc1. The Morgan fingerprint density at radius 2 is 1.66 bits per heavy atom. The van der Waals surface area contributed by atoms with Gasteiger partial charge in [0.25, 0.3) is 11.4 Å². The Morgan fingerprint density at radius 3 is 2.24 bits per heavy atom. The Morgan fingerprint density at radius 1 is 1.00 bits per heavy atom. The van der Waals surface area contributed by atoms with Crippen LogP contribution in [-0.2, 0) is 0 Å². The third kappa shape index (κ3) is 3.89. The molecule has 8 nitrogen and oxygen atoms in total. The molecular weight excluding hydrogens is 372 g/mol. The molecule has 0 atom stereocenters. The van der Waals surface area contributed by atoms with Crippen molar-refractivity contribution in [1.29, 1.82) is 5.26 Å². The lowest BCUT2D eigenvalue weighted by atomic mass is 10.0. The van der Waals surface area contributed by atoms with E-state index in [-0.39, 0.29) is 11.4 Å². The molecule has 0 aliphatic heterocycles. The largest absolute Gasteiger partial charge is 0.318 e. The molecule has 1 heterocycles. The maximum Gasteiger partial charge on any atom is 0.270 e. The molecule has 0 amide bonds. The standard InChI is InChI=1S/C21H16N4O4/c1-14-10-17(11-18(13-22)16-4-3-5-21(12-16)25(28)29)15(2)23(14)19-6-8-20(9-7-19)24(26)27/h3-12H,1-2H3. The molecule has 29 heavy (non-hydrogen) atoms. The fraction of sp³-hybridized carbons (Fsp3) is 0.0952. The number of aryl methyl sites for hydroxylation is 1. The Bertz CT molecular complexity index is 1180. The molecule has 0 fully saturated rings. The van der Waals surface area contributed by atoms with Crippen LogP contribution in [0, 0.1) is 45.4 Å². The van der Waals surface area contributed by atoms with E-state index < -0.39 is 9.85 Å². The quantitative estimate of drug-likeness (QED) is 0.347. The molecule has 0 radical (unpaired) electrons. The number of nitro groups is 2. The second-order valence-corrected chi connectivity index (χ2v) is 6.41. The first kappa shape index (κ1) is 19.5. The fourth-order valence-electron chi connectivity index (χ4n) is 3.18. The molecule has 0 aliphatic rings. The lowest BCUT2D eigenvalue weighted by Gasteiger charge is -2.09. The third-order valence-corrected chi connectivity index (χ3v) is 4.58. The number of hydrogen-bond acceptors (Lipinski definition) is 5. The van der Waals surface area contributed by atoms with Gasteiger partial charge in [0.1, 0.15) is 0 Å². The van der Waals surface area contributed by atoms with Gasteiger partial charge in [-0.05, 0) is 49.2 Å². The number of hydrogen-bond donors (Lipinski definition) is 0. The van der Waals surface area contributed by atoms with Crippen LogP contribution in [0.3, 0.4) is 0 Å². The van der Waals surface area contributed by atoms with Crippen LogP contribution in [0.5, 0.6) is 0 Å². The van der Waals surface area contributed by atoms with Gasteiger partial charge in [-0.3, -0.25) is 20.2 Å². The molecule has 1 aromatic heterocycles. The highest BCUT2D eigenvalue weighted by Crippen LogP contribution is 2.27. The minimum atomic E-state index is -0.501. The van der Waals surface area contributed by atoms with Crippen molar-refractivity contribution in [3.05, 3.63) is 97.3 Å². The van der Waals surface area contributed by atoms with E-state index in [1.165, 1.54) is 24.3 Å². The molecular formula is C21H16N4O4. The van der Waals surface area contributed by atoms with Crippen molar-refractivity contribution >= 4 is 23.0 Å². The Kier molecular flexibility index (Phi) is 5.23. The van der Waals surface area contributed by atoms with Crippen molar-refractivity contribution in [2.75, 3.05) is 0 Å². The summed E-state index contributed by atoms with van der Waals surface area (Å²) in [4.78, 5) is 20.9. The van der Waals surface area contributed by atoms with Gasteiger partial charge in [-0.15, -0.1) is 0 Å². The minimum Gasteiger partial charge on any atom is -0.318 e. The Balaban J connectivity index is 2.05. The zero-order valence-electron chi connectivity index (χ0n) is 15.7. The highest BCUT2D eigenvalue weighted by molar-refractivity contribution is 5.90. The summed E-state index contributed by atoms with van der Waals surface area (Å²) in [7, 11) is 0. The number of non-ortho nitro benzene ring substituents is 2. The molecule has 0 saturated heterocycles. The van der Waals surface area contributed by atoms with Crippen LogP contribution >= 0.6 is 0 Å². The Hall–Kier alpha value is -4.25. The summed E-state index contributed by atoms with van der Waals surface area (Å²) in [5.74, 6) is 0. The van der Waals surface area contributed by atoms with Gasteiger partial charge in [0, 0.05) is 41.3 Å². The normalized spacial score (nSPS) is 11.1. The molecule has 0 unspecified atom stereocenters. The number of nitro benzene ring substituents is 2. The van der Waals surface area contributed by atoms with Crippen LogP contribution in [-0.4, -0.2) is 14.4 Å². The zero-order chi connectivity index (χ0) is 21.1. The van der Waals surface area contributed by atoms with Gasteiger partial charge in [0.15, 0.2) is 0 Å². The van der Waals surface area contributed by atoms with E-state index in [9.17, 15) is 25.5 Å². The molecule has 3 aromatic rings. The summed E-state index contributed by atoms with van der Waals surface area (Å²) in [6.45, 7) is 3.77. The first-order valence-corrected chi connectivity index (χ1v) is 8.62. The van der Waals surface area contributed by atoms with E-state index >= 15 is 0 Å². The van der Waals surface area contributed by atoms with Crippen molar-refractivity contribution in [1.82, 2.24) is 4.57 Å². The van der Waals surface area contributed by atoms with Crippen molar-refractivity contribution < 1.29 is 9.85 Å². The van der Waals surface area contributed by atoms with Crippen LogP contribution in [0.15, 0.2) is 54.6 Å². The van der Waals surface area contributed by atoms with Gasteiger partial charge in [-0.1, -0.05) is 12.1 Å². The van der Waals surface area contributed by atoms with Gasteiger partial charge < -0.3 is 4.57 Å². The van der Waals surface area contributed by atoms with Crippen LogP contribution in [0.4, 0.5) is 11.4 Å². The highest BCUT2D eigenvalue weighted by Gasteiger charge is 2.14. The number of nitrogens with zero attached hydrogens (tertiary/aromatic N) is 4. The van der Waals surface area contributed by atoms with Gasteiger partial charge >= 0.3 is 0 Å². The molecule has 3 rings (SSSR count). The molecule has 0 saturated carbocycles. The first-order chi connectivity index (χ1) is 13.8. The Labute approximate surface area is 166 Å². The lowest BCUT2D eigenvalue weighted by Crippen LogP contribution is -1.99. The van der Waals surface area contributed by atoms with Crippen LogP contribution in [0.1, 0.15) is 22.5 Å². The zero-order valence-corrected chi connectivity index (χ0v) is 15.7. The second kappa shape index (κ2) is 7.78. The number of aromatic nitrogens is 1. The van der Waals surface area contributed by atoms with Gasteiger partial charge in [-0.25, -0.2) is 0 Å². The van der Waals surface area contributed by atoms with Crippen LogP contribution in [0.2, 0.25) is 0 Å². The maximum atomic E-state index is 11.0. The maximum absolute atomic E-state index is 11.0. The van der Waals surface area contributed by atoms with E-state index in [2.05, 4.69) is 6.07 Å². The van der Waals surface area contributed by atoms with Crippen LogP contribution < -0.4 is 0 Å². The molecule has 144 valence electrons. The first-order valence-electron chi connectivity index (χ1n) is 8.62. The average Bonchev–Trinajstić information content (AvgIpc) is 2.99.